The van der Waals surface area contributed by atoms with Crippen LogP contribution >= 0.6 is 0 Å². The zero-order valence-electron chi connectivity index (χ0n) is 11.8. The van der Waals surface area contributed by atoms with E-state index in [0.29, 0.717) is 12.1 Å². The molecule has 3 nitrogen and oxygen atoms in total. The molecule has 0 saturated carbocycles. The van der Waals surface area contributed by atoms with E-state index in [-0.39, 0.29) is 0 Å². The molecule has 1 saturated heterocycles. The summed E-state index contributed by atoms with van der Waals surface area (Å²) >= 11 is 0. The SMILES string of the molecule is CNCC1CN(c2ccccc2)C(C)CCN1C. The highest BCUT2D eigenvalue weighted by atomic mass is 15.3. The van der Waals surface area contributed by atoms with Gasteiger partial charge in [0, 0.05) is 37.4 Å². The fourth-order valence-electron chi connectivity index (χ4n) is 2.71. The Morgan fingerprint density at radius 1 is 1.28 bits per heavy atom. The molecule has 0 amide bonds. The zero-order chi connectivity index (χ0) is 13.0. The van der Waals surface area contributed by atoms with Gasteiger partial charge in [-0.05, 0) is 39.6 Å². The Bertz CT molecular complexity index is 352. The molecule has 1 aromatic rings. The van der Waals surface area contributed by atoms with Gasteiger partial charge in [-0.2, -0.15) is 0 Å². The van der Waals surface area contributed by atoms with Crippen molar-refractivity contribution in [3.8, 4) is 0 Å². The third-order valence-corrected chi connectivity index (χ3v) is 3.99. The smallest absolute Gasteiger partial charge is 0.0392 e. The van der Waals surface area contributed by atoms with Gasteiger partial charge in [0.15, 0.2) is 0 Å². The highest BCUT2D eigenvalue weighted by molar-refractivity contribution is 5.47. The van der Waals surface area contributed by atoms with E-state index in [1.807, 2.05) is 7.05 Å². The van der Waals surface area contributed by atoms with Crippen LogP contribution in [0.25, 0.3) is 0 Å². The molecule has 0 spiro atoms. The average Bonchev–Trinajstić information content (AvgIpc) is 2.53. The fourth-order valence-corrected chi connectivity index (χ4v) is 2.71. The Hall–Kier alpha value is -1.06. The van der Waals surface area contributed by atoms with E-state index in [2.05, 4.69) is 59.4 Å². The monoisotopic (exact) mass is 247 g/mol. The first kappa shape index (κ1) is 13.4. The highest BCUT2D eigenvalue weighted by Crippen LogP contribution is 2.22. The molecule has 1 heterocycles. The van der Waals surface area contributed by atoms with Gasteiger partial charge in [0.25, 0.3) is 0 Å². The Morgan fingerprint density at radius 3 is 2.67 bits per heavy atom. The third-order valence-electron chi connectivity index (χ3n) is 3.99. The molecule has 18 heavy (non-hydrogen) atoms. The lowest BCUT2D eigenvalue weighted by atomic mass is 10.1. The fraction of sp³-hybridized carbons (Fsp3) is 0.600. The summed E-state index contributed by atoms with van der Waals surface area (Å²) in [7, 11) is 4.28. The van der Waals surface area contributed by atoms with Crippen LogP contribution in [-0.2, 0) is 0 Å². The molecule has 1 aromatic carbocycles. The molecular weight excluding hydrogens is 222 g/mol. The van der Waals surface area contributed by atoms with Crippen molar-refractivity contribution in [2.45, 2.75) is 25.4 Å². The number of nitrogens with one attached hydrogen (secondary N) is 1. The number of hydrogen-bond donors (Lipinski definition) is 1. The summed E-state index contributed by atoms with van der Waals surface area (Å²) in [6.45, 7) is 5.66. The molecule has 1 N–H and O–H groups in total. The molecule has 2 rings (SSSR count). The van der Waals surface area contributed by atoms with E-state index in [4.69, 9.17) is 0 Å². The predicted octanol–water partition coefficient (Wildman–Crippen LogP) is 1.80. The second-order valence-corrected chi connectivity index (χ2v) is 5.32. The van der Waals surface area contributed by atoms with Crippen LogP contribution in [0.5, 0.6) is 0 Å². The van der Waals surface area contributed by atoms with Gasteiger partial charge in [-0.1, -0.05) is 18.2 Å². The van der Waals surface area contributed by atoms with Gasteiger partial charge in [-0.15, -0.1) is 0 Å². The zero-order valence-corrected chi connectivity index (χ0v) is 11.8. The third kappa shape index (κ3) is 3.03. The molecule has 1 aliphatic rings. The number of rotatable bonds is 3. The maximum atomic E-state index is 3.31. The lowest BCUT2D eigenvalue weighted by Crippen LogP contribution is -2.45. The van der Waals surface area contributed by atoms with Gasteiger partial charge in [-0.3, -0.25) is 0 Å². The van der Waals surface area contributed by atoms with E-state index in [0.717, 1.165) is 13.1 Å². The number of nitrogens with zero attached hydrogens (tertiary/aromatic N) is 2. The van der Waals surface area contributed by atoms with Crippen molar-refractivity contribution in [1.29, 1.82) is 0 Å². The molecule has 1 aliphatic heterocycles. The number of anilines is 1. The highest BCUT2D eigenvalue weighted by Gasteiger charge is 2.26. The molecule has 2 atom stereocenters. The molecule has 2 unspecified atom stereocenters. The Labute approximate surface area is 111 Å². The molecular formula is C15H25N3. The van der Waals surface area contributed by atoms with Crippen LogP contribution in [0.3, 0.4) is 0 Å². The van der Waals surface area contributed by atoms with Crippen LogP contribution in [0, 0.1) is 0 Å². The van der Waals surface area contributed by atoms with Gasteiger partial charge in [0.05, 0.1) is 0 Å². The summed E-state index contributed by atoms with van der Waals surface area (Å²) in [5.74, 6) is 0. The number of benzene rings is 1. The van der Waals surface area contributed by atoms with Gasteiger partial charge in [-0.25, -0.2) is 0 Å². The molecule has 0 aromatic heterocycles. The molecule has 1 fully saturated rings. The van der Waals surface area contributed by atoms with Crippen LogP contribution in [0.2, 0.25) is 0 Å². The van der Waals surface area contributed by atoms with Crippen molar-refractivity contribution in [2.24, 2.45) is 0 Å². The largest absolute Gasteiger partial charge is 0.367 e. The van der Waals surface area contributed by atoms with E-state index in [9.17, 15) is 0 Å². The first-order valence-electron chi connectivity index (χ1n) is 6.89. The second kappa shape index (κ2) is 6.21. The maximum absolute atomic E-state index is 3.31. The van der Waals surface area contributed by atoms with Crippen molar-refractivity contribution >= 4 is 5.69 Å². The quantitative estimate of drug-likeness (QED) is 0.879. The van der Waals surface area contributed by atoms with Crippen molar-refractivity contribution in [3.63, 3.8) is 0 Å². The Morgan fingerprint density at radius 2 is 2.00 bits per heavy atom. The molecule has 3 heteroatoms. The van der Waals surface area contributed by atoms with Gasteiger partial charge in [0.2, 0.25) is 0 Å². The predicted molar refractivity (Wildman–Crippen MR) is 78.2 cm³/mol. The Kier molecular flexibility index (Phi) is 4.61. The first-order valence-corrected chi connectivity index (χ1v) is 6.89. The van der Waals surface area contributed by atoms with Crippen LogP contribution in [-0.4, -0.2) is 50.7 Å². The van der Waals surface area contributed by atoms with E-state index in [1.54, 1.807) is 0 Å². The second-order valence-electron chi connectivity index (χ2n) is 5.32. The number of hydrogen-bond acceptors (Lipinski definition) is 3. The summed E-state index contributed by atoms with van der Waals surface area (Å²) in [5.41, 5.74) is 1.35. The van der Waals surface area contributed by atoms with Crippen molar-refractivity contribution in [3.05, 3.63) is 30.3 Å². The summed E-state index contributed by atoms with van der Waals surface area (Å²) < 4.78 is 0. The lowest BCUT2D eigenvalue weighted by Gasteiger charge is -2.32. The molecule has 100 valence electrons. The van der Waals surface area contributed by atoms with Crippen molar-refractivity contribution in [2.75, 3.05) is 38.6 Å². The van der Waals surface area contributed by atoms with E-state index < -0.39 is 0 Å². The minimum absolute atomic E-state index is 0.583. The van der Waals surface area contributed by atoms with E-state index >= 15 is 0 Å². The topological polar surface area (TPSA) is 18.5 Å². The average molecular weight is 247 g/mol. The van der Waals surface area contributed by atoms with Crippen LogP contribution in [0.4, 0.5) is 5.69 Å². The van der Waals surface area contributed by atoms with Gasteiger partial charge >= 0.3 is 0 Å². The minimum Gasteiger partial charge on any atom is -0.367 e. The van der Waals surface area contributed by atoms with Crippen LogP contribution in [0.15, 0.2) is 30.3 Å². The lowest BCUT2D eigenvalue weighted by molar-refractivity contribution is 0.256. The summed E-state index contributed by atoms with van der Waals surface area (Å²) in [6, 6.07) is 12.0. The van der Waals surface area contributed by atoms with Gasteiger partial charge in [0.1, 0.15) is 0 Å². The van der Waals surface area contributed by atoms with Crippen molar-refractivity contribution < 1.29 is 0 Å². The minimum atomic E-state index is 0.583. The van der Waals surface area contributed by atoms with Gasteiger partial charge < -0.3 is 15.1 Å². The molecule has 0 aliphatic carbocycles. The molecule has 0 bridgehead atoms. The summed E-state index contributed by atoms with van der Waals surface area (Å²) in [6.07, 6.45) is 1.23. The van der Waals surface area contributed by atoms with Crippen LogP contribution < -0.4 is 10.2 Å². The summed E-state index contributed by atoms with van der Waals surface area (Å²) in [5, 5.41) is 3.31. The Balaban J connectivity index is 2.17. The molecule has 0 radical (unpaired) electrons. The van der Waals surface area contributed by atoms with E-state index in [1.165, 1.54) is 18.7 Å². The number of likely N-dealkylation sites (N-methyl/N-ethyl adjacent to an activating group) is 2. The van der Waals surface area contributed by atoms with Crippen molar-refractivity contribution in [1.82, 2.24) is 10.2 Å². The normalized spacial score (nSPS) is 26.1. The van der Waals surface area contributed by atoms with Crippen LogP contribution in [0.1, 0.15) is 13.3 Å². The maximum Gasteiger partial charge on any atom is 0.0392 e. The number of para-hydroxylation sites is 1. The first-order chi connectivity index (χ1) is 8.72. The standard InChI is InChI=1S/C15H25N3/c1-13-9-10-17(3)15(11-16-2)12-18(13)14-7-5-4-6-8-14/h4-8,13,15-16H,9-12H2,1-3H3. The summed E-state index contributed by atoms with van der Waals surface area (Å²) in [4.78, 5) is 5.03.